The summed E-state index contributed by atoms with van der Waals surface area (Å²) in [5, 5.41) is 3.47. The van der Waals surface area contributed by atoms with Crippen molar-refractivity contribution in [2.45, 2.75) is 50.9 Å². The molecule has 0 saturated carbocycles. The Labute approximate surface area is 116 Å². The Morgan fingerprint density at radius 3 is 2.63 bits per heavy atom. The molecule has 0 unspecified atom stereocenters. The summed E-state index contributed by atoms with van der Waals surface area (Å²) in [7, 11) is 1.82. The molecule has 1 heterocycles. The fourth-order valence-electron chi connectivity index (χ4n) is 3.75. The predicted molar refractivity (Wildman–Crippen MR) is 79.1 cm³/mol. The van der Waals surface area contributed by atoms with Crippen LogP contribution in [0, 0.1) is 0 Å². The van der Waals surface area contributed by atoms with Gasteiger partial charge in [-0.2, -0.15) is 0 Å². The van der Waals surface area contributed by atoms with Crippen molar-refractivity contribution in [1.29, 1.82) is 0 Å². The second-order valence-electron chi connectivity index (χ2n) is 5.90. The van der Waals surface area contributed by atoms with Gasteiger partial charge in [-0.25, -0.2) is 0 Å². The van der Waals surface area contributed by atoms with Crippen LogP contribution in [0.3, 0.4) is 0 Å². The zero-order valence-corrected chi connectivity index (χ0v) is 12.0. The van der Waals surface area contributed by atoms with Gasteiger partial charge >= 0.3 is 0 Å². The van der Waals surface area contributed by atoms with Crippen LogP contribution in [0.4, 0.5) is 0 Å². The Balaban J connectivity index is 2.02. The van der Waals surface area contributed by atoms with E-state index in [0.717, 1.165) is 18.8 Å². The Kier molecular flexibility index (Phi) is 4.07. The molecular weight excluding hydrogens is 234 g/mol. The predicted octanol–water partition coefficient (Wildman–Crippen LogP) is 3.43. The number of ether oxygens (including phenoxy) is 1. The molecule has 1 aromatic rings. The molecule has 19 heavy (non-hydrogen) atoms. The van der Waals surface area contributed by atoms with Crippen LogP contribution in [0.15, 0.2) is 12.1 Å². The molecule has 2 nitrogen and oxygen atoms in total. The molecule has 1 N–H and O–H groups in total. The highest BCUT2D eigenvalue weighted by atomic mass is 16.5. The molecule has 1 aliphatic carbocycles. The SMILES string of the molecule is COc1ccc2c(c1C1CCNCC1)CCCCC2. The Hall–Kier alpha value is -1.02. The van der Waals surface area contributed by atoms with Crippen molar-refractivity contribution in [3.8, 4) is 5.75 Å². The van der Waals surface area contributed by atoms with Crippen LogP contribution in [-0.4, -0.2) is 20.2 Å². The molecule has 0 radical (unpaired) electrons. The first kappa shape index (κ1) is 13.0. The van der Waals surface area contributed by atoms with E-state index in [-0.39, 0.29) is 0 Å². The Morgan fingerprint density at radius 2 is 1.84 bits per heavy atom. The van der Waals surface area contributed by atoms with Gasteiger partial charge in [0.05, 0.1) is 7.11 Å². The van der Waals surface area contributed by atoms with Gasteiger partial charge in [0, 0.05) is 5.56 Å². The van der Waals surface area contributed by atoms with Gasteiger partial charge in [-0.05, 0) is 74.7 Å². The van der Waals surface area contributed by atoms with Crippen molar-refractivity contribution in [3.63, 3.8) is 0 Å². The lowest BCUT2D eigenvalue weighted by atomic mass is 9.83. The first-order valence-corrected chi connectivity index (χ1v) is 7.79. The van der Waals surface area contributed by atoms with Crippen LogP contribution in [0.1, 0.15) is 54.7 Å². The number of piperidine rings is 1. The van der Waals surface area contributed by atoms with Crippen LogP contribution in [0.25, 0.3) is 0 Å². The Morgan fingerprint density at radius 1 is 1.05 bits per heavy atom. The lowest BCUT2D eigenvalue weighted by Gasteiger charge is -2.28. The molecule has 104 valence electrons. The number of nitrogens with one attached hydrogen (secondary N) is 1. The van der Waals surface area contributed by atoms with Crippen molar-refractivity contribution in [1.82, 2.24) is 5.32 Å². The van der Waals surface area contributed by atoms with E-state index < -0.39 is 0 Å². The Bertz CT molecular complexity index is 435. The number of benzene rings is 1. The highest BCUT2D eigenvalue weighted by Gasteiger charge is 2.24. The van der Waals surface area contributed by atoms with Gasteiger partial charge in [0.25, 0.3) is 0 Å². The minimum Gasteiger partial charge on any atom is -0.496 e. The molecule has 0 atom stereocenters. The van der Waals surface area contributed by atoms with Crippen molar-refractivity contribution in [3.05, 3.63) is 28.8 Å². The fraction of sp³-hybridized carbons (Fsp3) is 0.647. The molecule has 1 aromatic carbocycles. The van der Waals surface area contributed by atoms with Gasteiger partial charge in [-0.3, -0.25) is 0 Å². The van der Waals surface area contributed by atoms with Gasteiger partial charge < -0.3 is 10.1 Å². The molecule has 0 aromatic heterocycles. The summed E-state index contributed by atoms with van der Waals surface area (Å²) in [5.74, 6) is 1.83. The third-order valence-electron chi connectivity index (χ3n) is 4.75. The fourth-order valence-corrected chi connectivity index (χ4v) is 3.75. The van der Waals surface area contributed by atoms with Crippen molar-refractivity contribution in [2.24, 2.45) is 0 Å². The summed E-state index contributed by atoms with van der Waals surface area (Å²) < 4.78 is 5.69. The van der Waals surface area contributed by atoms with Crippen LogP contribution >= 0.6 is 0 Å². The first-order valence-electron chi connectivity index (χ1n) is 7.79. The molecular formula is C17H25NO. The maximum absolute atomic E-state index is 5.69. The van der Waals surface area contributed by atoms with Crippen LogP contribution in [0.5, 0.6) is 5.75 Å². The topological polar surface area (TPSA) is 21.3 Å². The van der Waals surface area contributed by atoms with Crippen LogP contribution in [0.2, 0.25) is 0 Å². The largest absolute Gasteiger partial charge is 0.496 e. The first-order chi connectivity index (χ1) is 9.40. The highest BCUT2D eigenvalue weighted by molar-refractivity contribution is 5.48. The minimum atomic E-state index is 0.698. The van der Waals surface area contributed by atoms with Crippen molar-refractivity contribution < 1.29 is 4.74 Å². The maximum atomic E-state index is 5.69. The van der Waals surface area contributed by atoms with Gasteiger partial charge in [-0.1, -0.05) is 12.5 Å². The lowest BCUT2D eigenvalue weighted by molar-refractivity contribution is 0.389. The number of fused-ring (bicyclic) bond motifs is 1. The van der Waals surface area contributed by atoms with Crippen LogP contribution < -0.4 is 10.1 Å². The van der Waals surface area contributed by atoms with E-state index in [9.17, 15) is 0 Å². The van der Waals surface area contributed by atoms with Gasteiger partial charge in [-0.15, -0.1) is 0 Å². The zero-order chi connectivity index (χ0) is 13.1. The average Bonchev–Trinajstić information content (AvgIpc) is 2.72. The average molecular weight is 259 g/mol. The number of methoxy groups -OCH3 is 1. The molecule has 1 aliphatic heterocycles. The summed E-state index contributed by atoms with van der Waals surface area (Å²) in [6.07, 6.45) is 9.11. The van der Waals surface area contributed by atoms with Gasteiger partial charge in [0.1, 0.15) is 5.75 Å². The molecule has 1 saturated heterocycles. The third kappa shape index (κ3) is 2.64. The molecule has 1 fully saturated rings. The van der Waals surface area contributed by atoms with E-state index in [1.165, 1.54) is 44.9 Å². The number of hydrogen-bond donors (Lipinski definition) is 1. The molecule has 2 aliphatic rings. The van der Waals surface area contributed by atoms with E-state index in [2.05, 4.69) is 17.4 Å². The quantitative estimate of drug-likeness (QED) is 0.822. The third-order valence-corrected chi connectivity index (χ3v) is 4.75. The second kappa shape index (κ2) is 5.96. The smallest absolute Gasteiger partial charge is 0.122 e. The highest BCUT2D eigenvalue weighted by Crippen LogP contribution is 2.39. The number of hydrogen-bond acceptors (Lipinski definition) is 2. The minimum absolute atomic E-state index is 0.698. The van der Waals surface area contributed by atoms with Crippen molar-refractivity contribution >= 4 is 0 Å². The summed E-state index contributed by atoms with van der Waals surface area (Å²) in [6.45, 7) is 2.30. The standard InChI is InChI=1S/C17H25NO/c1-19-16-8-7-13-5-3-2-4-6-15(13)17(16)14-9-11-18-12-10-14/h7-8,14,18H,2-6,9-12H2,1H3. The van der Waals surface area contributed by atoms with Gasteiger partial charge in [0.2, 0.25) is 0 Å². The summed E-state index contributed by atoms with van der Waals surface area (Å²) in [5.41, 5.74) is 4.76. The van der Waals surface area contributed by atoms with Crippen molar-refractivity contribution in [2.75, 3.05) is 20.2 Å². The summed E-state index contributed by atoms with van der Waals surface area (Å²) in [6, 6.07) is 4.52. The summed E-state index contributed by atoms with van der Waals surface area (Å²) >= 11 is 0. The van der Waals surface area contributed by atoms with Gasteiger partial charge in [0.15, 0.2) is 0 Å². The molecule has 3 rings (SSSR count). The van der Waals surface area contributed by atoms with E-state index in [4.69, 9.17) is 4.74 Å². The van der Waals surface area contributed by atoms with E-state index in [0.29, 0.717) is 5.92 Å². The summed E-state index contributed by atoms with van der Waals surface area (Å²) in [4.78, 5) is 0. The van der Waals surface area contributed by atoms with Crippen LogP contribution in [-0.2, 0) is 12.8 Å². The van der Waals surface area contributed by atoms with E-state index in [1.807, 2.05) is 7.11 Å². The van der Waals surface area contributed by atoms with E-state index in [1.54, 1.807) is 16.7 Å². The normalized spacial score (nSPS) is 20.7. The molecule has 2 heteroatoms. The maximum Gasteiger partial charge on any atom is 0.122 e. The second-order valence-corrected chi connectivity index (χ2v) is 5.90. The molecule has 0 bridgehead atoms. The lowest BCUT2D eigenvalue weighted by Crippen LogP contribution is -2.27. The zero-order valence-electron chi connectivity index (χ0n) is 12.0. The number of rotatable bonds is 2. The van der Waals surface area contributed by atoms with E-state index >= 15 is 0 Å². The number of aryl methyl sites for hydroxylation is 1. The molecule has 0 amide bonds. The molecule has 0 spiro atoms. The monoisotopic (exact) mass is 259 g/mol.